The summed E-state index contributed by atoms with van der Waals surface area (Å²) in [6, 6.07) is 20.0. The molecule has 0 bridgehead atoms. The molecule has 0 radical (unpaired) electrons. The van der Waals surface area contributed by atoms with Gasteiger partial charge in [0.25, 0.3) is 0 Å². The Hall–Kier alpha value is -7.60. The zero-order valence-corrected chi connectivity index (χ0v) is 41.4. The largest absolute Gasteiger partial charge is 0.490 e. The zero-order chi connectivity index (χ0) is 54.1. The molecule has 4 aliphatic heterocycles. The number of hydrogen-bond acceptors (Lipinski definition) is 12. The number of imidazole rings is 1. The summed E-state index contributed by atoms with van der Waals surface area (Å²) in [5, 5.41) is 15.4. The van der Waals surface area contributed by atoms with Gasteiger partial charge in [-0.25, -0.2) is 9.59 Å². The number of anilines is 1. The molecule has 75 heavy (non-hydrogen) atoms. The second-order valence-electron chi connectivity index (χ2n) is 19.1. The summed E-state index contributed by atoms with van der Waals surface area (Å²) in [5.74, 6) is -5.70. The minimum Gasteiger partial charge on any atom is -0.475 e. The van der Waals surface area contributed by atoms with Gasteiger partial charge in [-0.05, 0) is 74.4 Å². The SMILES string of the molecule is Cn1c(=O)n(C2CCC(=O)NC2=O)c2ccc(N3CCN(CCCC(=O)N4CC[C@H]5CC[C@@H](C(=O)N[C@@H](CCC(N)=O)C(=O)NC(c6ccccc6)c6ccccc6)N5C(=O)[C@@H](N)C4)CC3)cc21.O=C(O)C(F)(F)F. The first-order chi connectivity index (χ1) is 35.7. The Morgan fingerprint density at radius 2 is 1.45 bits per heavy atom. The fraction of sp³-hybridized carbons (Fsp3) is 0.471. The highest BCUT2D eigenvalue weighted by atomic mass is 19.4. The van der Waals surface area contributed by atoms with Gasteiger partial charge in [-0.3, -0.25) is 52.9 Å². The highest BCUT2D eigenvalue weighted by Gasteiger charge is 2.45. The highest BCUT2D eigenvalue weighted by molar-refractivity contribution is 6.00. The van der Waals surface area contributed by atoms with Crippen LogP contribution in [0, 0.1) is 0 Å². The van der Waals surface area contributed by atoms with Crippen molar-refractivity contribution in [1.82, 2.24) is 39.8 Å². The molecule has 5 atom stereocenters. The molecule has 1 unspecified atom stereocenters. The van der Waals surface area contributed by atoms with Crippen LogP contribution < -0.4 is 38.0 Å². The third-order valence-electron chi connectivity index (χ3n) is 14.2. The molecular formula is C51H62F3N11O10. The van der Waals surface area contributed by atoms with Gasteiger partial charge in [0.05, 0.1) is 17.1 Å². The number of imide groups is 1. The number of carboxylic acids is 1. The molecule has 8 N–H and O–H groups in total. The number of hydrogen-bond donors (Lipinski definition) is 6. The number of primary amides is 1. The predicted molar refractivity (Wildman–Crippen MR) is 266 cm³/mol. The molecule has 3 aromatic carbocycles. The number of aliphatic carboxylic acids is 1. The number of rotatable bonds is 15. The quantitative estimate of drug-likeness (QED) is 0.0921. The number of amides is 7. The van der Waals surface area contributed by atoms with Crippen LogP contribution >= 0.6 is 0 Å². The molecule has 8 rings (SSSR count). The summed E-state index contributed by atoms with van der Waals surface area (Å²) in [6.45, 7) is 4.14. The topological polar surface area (TPSA) is 285 Å². The summed E-state index contributed by atoms with van der Waals surface area (Å²) in [4.78, 5) is 122. The highest BCUT2D eigenvalue weighted by Crippen LogP contribution is 2.31. The van der Waals surface area contributed by atoms with Crippen molar-refractivity contribution in [1.29, 1.82) is 0 Å². The number of fused-ring (bicyclic) bond motifs is 2. The number of piperidine rings is 1. The number of aromatic nitrogens is 2. The van der Waals surface area contributed by atoms with Crippen LogP contribution in [0.5, 0.6) is 0 Å². The number of halogens is 3. The fourth-order valence-electron chi connectivity index (χ4n) is 10.2. The van der Waals surface area contributed by atoms with Gasteiger partial charge in [0.1, 0.15) is 24.2 Å². The van der Waals surface area contributed by atoms with Gasteiger partial charge in [0.2, 0.25) is 41.4 Å². The lowest BCUT2D eigenvalue weighted by molar-refractivity contribution is -0.192. The van der Waals surface area contributed by atoms with E-state index >= 15 is 0 Å². The average Bonchev–Trinajstić information content (AvgIpc) is 3.92. The number of carbonyl (C=O) groups is 8. The number of benzene rings is 3. The number of carbonyl (C=O) groups excluding carboxylic acids is 7. The van der Waals surface area contributed by atoms with Crippen LogP contribution in [0.1, 0.15) is 81.0 Å². The van der Waals surface area contributed by atoms with Gasteiger partial charge in [-0.1, -0.05) is 60.7 Å². The van der Waals surface area contributed by atoms with Crippen molar-refractivity contribution >= 4 is 64.0 Å². The maximum atomic E-state index is 14.0. The molecule has 5 heterocycles. The van der Waals surface area contributed by atoms with E-state index in [-0.39, 0.29) is 55.8 Å². The van der Waals surface area contributed by atoms with Crippen LogP contribution in [-0.4, -0.2) is 152 Å². The molecule has 4 aliphatic rings. The van der Waals surface area contributed by atoms with Crippen molar-refractivity contribution in [2.45, 2.75) is 100 Å². The lowest BCUT2D eigenvalue weighted by Crippen LogP contribution is -2.60. The minimum absolute atomic E-state index is 0.0186. The lowest BCUT2D eigenvalue weighted by atomic mass is 9.98. The van der Waals surface area contributed by atoms with Crippen LogP contribution in [0.15, 0.2) is 83.7 Å². The van der Waals surface area contributed by atoms with Gasteiger partial charge in [0.15, 0.2) is 0 Å². The number of piperazine rings is 1. The number of aryl methyl sites for hydroxylation is 1. The Balaban J connectivity index is 0.00000109. The molecular weight excluding hydrogens is 984 g/mol. The molecule has 24 heteroatoms. The van der Waals surface area contributed by atoms with E-state index in [1.54, 1.807) is 11.9 Å². The smallest absolute Gasteiger partial charge is 0.475 e. The molecule has 4 fully saturated rings. The van der Waals surface area contributed by atoms with E-state index in [9.17, 15) is 51.5 Å². The summed E-state index contributed by atoms with van der Waals surface area (Å²) >= 11 is 0. The van der Waals surface area contributed by atoms with Crippen molar-refractivity contribution in [3.8, 4) is 0 Å². The molecule has 4 saturated heterocycles. The number of carboxylic acid groups (broad SMARTS) is 1. The first-order valence-electron chi connectivity index (χ1n) is 24.9. The van der Waals surface area contributed by atoms with Gasteiger partial charge < -0.3 is 41.9 Å². The fourth-order valence-corrected chi connectivity index (χ4v) is 10.2. The normalized spacial score (nSPS) is 20.8. The van der Waals surface area contributed by atoms with Crippen molar-refractivity contribution in [3.63, 3.8) is 0 Å². The van der Waals surface area contributed by atoms with E-state index < -0.39 is 71.9 Å². The summed E-state index contributed by atoms with van der Waals surface area (Å²) < 4.78 is 34.8. The summed E-state index contributed by atoms with van der Waals surface area (Å²) in [6.07, 6.45) is -2.55. The van der Waals surface area contributed by atoms with E-state index in [4.69, 9.17) is 21.4 Å². The van der Waals surface area contributed by atoms with Crippen molar-refractivity contribution in [2.75, 3.05) is 50.7 Å². The van der Waals surface area contributed by atoms with Crippen LogP contribution in [0.2, 0.25) is 0 Å². The first kappa shape index (κ1) is 55.2. The molecule has 402 valence electrons. The minimum atomic E-state index is -5.08. The number of nitrogens with one attached hydrogen (secondary N) is 3. The molecule has 7 amide bonds. The monoisotopic (exact) mass is 1050 g/mol. The molecule has 0 saturated carbocycles. The van der Waals surface area contributed by atoms with Crippen LogP contribution in [-0.2, 0) is 45.4 Å². The van der Waals surface area contributed by atoms with E-state index in [2.05, 4.69) is 25.8 Å². The van der Waals surface area contributed by atoms with Crippen LogP contribution in [0.4, 0.5) is 18.9 Å². The third kappa shape index (κ3) is 13.4. The number of nitrogens with zero attached hydrogens (tertiary/aromatic N) is 6. The Morgan fingerprint density at radius 3 is 2.05 bits per heavy atom. The van der Waals surface area contributed by atoms with Gasteiger partial charge in [-0.2, -0.15) is 13.2 Å². The van der Waals surface area contributed by atoms with Gasteiger partial charge in [0, 0.05) is 77.3 Å². The number of nitrogens with two attached hydrogens (primary N) is 2. The number of alkyl halides is 3. The third-order valence-corrected chi connectivity index (χ3v) is 14.2. The predicted octanol–water partition coefficient (Wildman–Crippen LogP) is 1.43. The summed E-state index contributed by atoms with van der Waals surface area (Å²) in [7, 11) is 1.68. The Kier molecular flexibility index (Phi) is 17.8. The summed E-state index contributed by atoms with van der Waals surface area (Å²) in [5.41, 5.74) is 15.6. The van der Waals surface area contributed by atoms with E-state index in [0.29, 0.717) is 56.2 Å². The van der Waals surface area contributed by atoms with E-state index in [0.717, 1.165) is 43.0 Å². The first-order valence-corrected chi connectivity index (χ1v) is 24.9. The Morgan fingerprint density at radius 1 is 0.813 bits per heavy atom. The molecule has 4 aromatic rings. The second-order valence-corrected chi connectivity index (χ2v) is 19.1. The second kappa shape index (κ2) is 24.2. The molecule has 0 spiro atoms. The van der Waals surface area contributed by atoms with Gasteiger partial charge >= 0.3 is 17.8 Å². The molecule has 0 aliphatic carbocycles. The lowest BCUT2D eigenvalue weighted by Gasteiger charge is -2.38. The molecule has 21 nitrogen and oxygen atoms in total. The van der Waals surface area contributed by atoms with Crippen molar-refractivity contribution in [3.05, 3.63) is 100 Å². The van der Waals surface area contributed by atoms with Crippen LogP contribution in [0.3, 0.4) is 0 Å². The van der Waals surface area contributed by atoms with E-state index in [1.807, 2.05) is 78.9 Å². The molecule has 1 aromatic heterocycles. The maximum absolute atomic E-state index is 14.0. The van der Waals surface area contributed by atoms with E-state index in [1.165, 1.54) is 14.0 Å². The van der Waals surface area contributed by atoms with Gasteiger partial charge in [-0.15, -0.1) is 0 Å². The Bertz CT molecular complexity index is 2780. The average molecular weight is 1050 g/mol. The Labute approximate surface area is 429 Å². The van der Waals surface area contributed by atoms with Crippen LogP contribution in [0.25, 0.3) is 11.0 Å². The van der Waals surface area contributed by atoms with Crippen molar-refractivity contribution < 1.29 is 56.6 Å². The zero-order valence-electron chi connectivity index (χ0n) is 41.4. The maximum Gasteiger partial charge on any atom is 0.490 e. The standard InChI is InChI=1S/C49H61N11O8.C2HF3O2/c1-55-40-29-34(15-17-37(40)60(49(55)68)39-19-21-42(62)53-47(39)66)57-27-25-56(26-28-57)23-8-13-43(63)58-24-22-33-14-18-38(59(33)48(67)35(50)30-58)46(65)52-36(16-20-41(51)61)45(64)54-44(31-9-4-2-5-10-31)32-11-6-3-7-12-32;3-2(4,5)1(6)7/h2-7,9-12,15,17,29,33,35-36,38-39,44H,8,13-14,16,18-28,30,50H2,1H3,(H2,51,61)(H,52,65)(H,54,64)(H,53,62,66);(H,6,7)/t33-,35+,36+,38+,39?;/m1./s1. The van der Waals surface area contributed by atoms with Crippen molar-refractivity contribution in [2.24, 2.45) is 18.5 Å².